The van der Waals surface area contributed by atoms with Gasteiger partial charge in [0.1, 0.15) is 6.29 Å². The second kappa shape index (κ2) is 3.76. The van der Waals surface area contributed by atoms with E-state index in [4.69, 9.17) is 5.73 Å². The summed E-state index contributed by atoms with van der Waals surface area (Å²) in [6.07, 6.45) is 2.28. The summed E-state index contributed by atoms with van der Waals surface area (Å²) in [5.74, 6) is 0. The summed E-state index contributed by atoms with van der Waals surface area (Å²) < 4.78 is 0. The van der Waals surface area contributed by atoms with Gasteiger partial charge in [-0.15, -0.1) is 0 Å². The number of benzene rings is 1. The maximum absolute atomic E-state index is 10.0. The molecule has 0 atom stereocenters. The summed E-state index contributed by atoms with van der Waals surface area (Å²) >= 11 is 0. The Morgan fingerprint density at radius 1 is 1.45 bits per heavy atom. The van der Waals surface area contributed by atoms with Gasteiger partial charge in [0.05, 0.1) is 0 Å². The first-order valence-electron chi connectivity index (χ1n) is 3.61. The van der Waals surface area contributed by atoms with E-state index in [1.807, 2.05) is 24.3 Å². The van der Waals surface area contributed by atoms with Crippen LogP contribution in [-0.2, 0) is 11.2 Å². The number of aryl methyl sites for hydroxylation is 1. The van der Waals surface area contributed by atoms with E-state index in [0.717, 1.165) is 24.0 Å². The van der Waals surface area contributed by atoms with Crippen molar-refractivity contribution in [3.63, 3.8) is 0 Å². The van der Waals surface area contributed by atoms with Gasteiger partial charge >= 0.3 is 0 Å². The lowest BCUT2D eigenvalue weighted by Gasteiger charge is -1.97. The van der Waals surface area contributed by atoms with Crippen molar-refractivity contribution >= 4 is 12.0 Å². The second-order valence-electron chi connectivity index (χ2n) is 2.45. The van der Waals surface area contributed by atoms with Crippen LogP contribution in [-0.4, -0.2) is 6.29 Å². The van der Waals surface area contributed by atoms with Crippen LogP contribution in [0.15, 0.2) is 24.3 Å². The zero-order valence-corrected chi connectivity index (χ0v) is 6.29. The minimum atomic E-state index is 0.573. The number of carbonyl (C=O) groups is 1. The fourth-order valence-corrected chi connectivity index (χ4v) is 0.974. The third-order valence-corrected chi connectivity index (χ3v) is 1.50. The molecule has 0 bridgehead atoms. The van der Waals surface area contributed by atoms with Crippen molar-refractivity contribution in [2.24, 2.45) is 0 Å². The van der Waals surface area contributed by atoms with Crippen molar-refractivity contribution in [2.75, 3.05) is 5.73 Å². The molecule has 2 nitrogen and oxygen atoms in total. The summed E-state index contributed by atoms with van der Waals surface area (Å²) in [5, 5.41) is 0. The first-order valence-corrected chi connectivity index (χ1v) is 3.61. The average Bonchev–Trinajstić information content (AvgIpc) is 2.01. The van der Waals surface area contributed by atoms with Gasteiger partial charge in [-0.3, -0.25) is 0 Å². The summed E-state index contributed by atoms with van der Waals surface area (Å²) in [7, 11) is 0. The van der Waals surface area contributed by atoms with Gasteiger partial charge in [0, 0.05) is 12.1 Å². The molecule has 0 unspecified atom stereocenters. The molecule has 0 amide bonds. The van der Waals surface area contributed by atoms with E-state index < -0.39 is 0 Å². The molecule has 0 radical (unpaired) electrons. The Bertz CT molecular complexity index is 245. The van der Waals surface area contributed by atoms with Crippen molar-refractivity contribution in [1.82, 2.24) is 0 Å². The summed E-state index contributed by atoms with van der Waals surface area (Å²) in [6.45, 7) is 0. The molecule has 0 aliphatic heterocycles. The smallest absolute Gasteiger partial charge is 0.120 e. The third-order valence-electron chi connectivity index (χ3n) is 1.50. The zero-order valence-electron chi connectivity index (χ0n) is 6.29. The minimum Gasteiger partial charge on any atom is -0.399 e. The lowest BCUT2D eigenvalue weighted by atomic mass is 10.1. The molecule has 0 fully saturated rings. The van der Waals surface area contributed by atoms with Crippen LogP contribution in [0.3, 0.4) is 0 Å². The fraction of sp³-hybridized carbons (Fsp3) is 0.222. The van der Waals surface area contributed by atoms with Gasteiger partial charge in [-0.25, -0.2) is 0 Å². The highest BCUT2D eigenvalue weighted by Crippen LogP contribution is 2.07. The zero-order chi connectivity index (χ0) is 8.10. The van der Waals surface area contributed by atoms with Crippen LogP contribution < -0.4 is 5.73 Å². The molecule has 0 aliphatic carbocycles. The molecule has 1 aromatic carbocycles. The van der Waals surface area contributed by atoms with E-state index in [1.54, 1.807) is 0 Å². The van der Waals surface area contributed by atoms with Crippen molar-refractivity contribution in [3.8, 4) is 0 Å². The number of carbonyl (C=O) groups excluding carboxylic acids is 1. The maximum Gasteiger partial charge on any atom is 0.120 e. The summed E-state index contributed by atoms with van der Waals surface area (Å²) in [5.41, 5.74) is 7.42. The van der Waals surface area contributed by atoms with Crippen molar-refractivity contribution in [3.05, 3.63) is 29.8 Å². The Morgan fingerprint density at radius 2 is 2.27 bits per heavy atom. The molecule has 1 aromatic rings. The highest BCUT2D eigenvalue weighted by molar-refractivity contribution is 5.50. The van der Waals surface area contributed by atoms with Crippen LogP contribution in [0.1, 0.15) is 12.0 Å². The van der Waals surface area contributed by atoms with Crippen LogP contribution in [0.5, 0.6) is 0 Å². The van der Waals surface area contributed by atoms with Gasteiger partial charge in [-0.2, -0.15) is 0 Å². The van der Waals surface area contributed by atoms with E-state index in [9.17, 15) is 4.79 Å². The topological polar surface area (TPSA) is 43.1 Å². The first kappa shape index (κ1) is 7.79. The van der Waals surface area contributed by atoms with Gasteiger partial charge in [0.2, 0.25) is 0 Å². The molecule has 2 N–H and O–H groups in total. The third kappa shape index (κ3) is 2.42. The Balaban J connectivity index is 2.63. The molecule has 2 heteroatoms. The lowest BCUT2D eigenvalue weighted by Crippen LogP contribution is -1.89. The predicted molar refractivity (Wildman–Crippen MR) is 45.2 cm³/mol. The van der Waals surface area contributed by atoms with Gasteiger partial charge in [-0.05, 0) is 24.1 Å². The Kier molecular flexibility index (Phi) is 2.66. The number of hydrogen-bond donors (Lipinski definition) is 1. The molecular formula is C9H11NO. The molecule has 0 heterocycles. The van der Waals surface area contributed by atoms with E-state index in [-0.39, 0.29) is 0 Å². The molecule has 0 spiro atoms. The minimum absolute atomic E-state index is 0.573. The Morgan fingerprint density at radius 3 is 2.91 bits per heavy atom. The molecule has 0 aromatic heterocycles. The van der Waals surface area contributed by atoms with Crippen LogP contribution in [0, 0.1) is 0 Å². The first-order chi connectivity index (χ1) is 5.33. The van der Waals surface area contributed by atoms with Crippen LogP contribution in [0.2, 0.25) is 0 Å². The quantitative estimate of drug-likeness (QED) is 0.521. The molecule has 0 aliphatic rings. The number of nitrogen functional groups attached to an aromatic ring is 1. The van der Waals surface area contributed by atoms with Gasteiger partial charge in [-0.1, -0.05) is 12.1 Å². The Hall–Kier alpha value is -1.31. The van der Waals surface area contributed by atoms with Crippen molar-refractivity contribution in [2.45, 2.75) is 12.8 Å². The highest BCUT2D eigenvalue weighted by Gasteiger charge is 1.91. The summed E-state index contributed by atoms with van der Waals surface area (Å²) in [6, 6.07) is 7.60. The average molecular weight is 149 g/mol. The summed E-state index contributed by atoms with van der Waals surface area (Å²) in [4.78, 5) is 10.0. The standard InChI is InChI=1S/C9H11NO/c10-9-5-1-3-8(7-9)4-2-6-11/h1,3,5-7H,2,4,10H2. The van der Waals surface area contributed by atoms with Crippen molar-refractivity contribution < 1.29 is 4.79 Å². The molecule has 0 saturated heterocycles. The Labute approximate surface area is 66.0 Å². The molecular weight excluding hydrogens is 138 g/mol. The molecule has 0 saturated carbocycles. The van der Waals surface area contributed by atoms with E-state index in [1.165, 1.54) is 0 Å². The van der Waals surface area contributed by atoms with Gasteiger partial charge < -0.3 is 10.5 Å². The van der Waals surface area contributed by atoms with Crippen LogP contribution in [0.4, 0.5) is 5.69 Å². The van der Waals surface area contributed by atoms with E-state index in [0.29, 0.717) is 6.42 Å². The van der Waals surface area contributed by atoms with E-state index >= 15 is 0 Å². The number of hydrogen-bond acceptors (Lipinski definition) is 2. The number of rotatable bonds is 3. The van der Waals surface area contributed by atoms with Crippen molar-refractivity contribution in [1.29, 1.82) is 0 Å². The number of nitrogens with two attached hydrogens (primary N) is 1. The normalized spacial score (nSPS) is 9.45. The van der Waals surface area contributed by atoms with E-state index in [2.05, 4.69) is 0 Å². The molecule has 11 heavy (non-hydrogen) atoms. The monoisotopic (exact) mass is 149 g/mol. The second-order valence-corrected chi connectivity index (χ2v) is 2.45. The lowest BCUT2D eigenvalue weighted by molar-refractivity contribution is -0.107. The number of anilines is 1. The predicted octanol–water partition coefficient (Wildman–Crippen LogP) is 1.40. The highest BCUT2D eigenvalue weighted by atomic mass is 16.1. The van der Waals surface area contributed by atoms with Gasteiger partial charge in [0.25, 0.3) is 0 Å². The molecule has 1 rings (SSSR count). The molecule has 58 valence electrons. The van der Waals surface area contributed by atoms with Crippen LogP contribution >= 0.6 is 0 Å². The van der Waals surface area contributed by atoms with Crippen LogP contribution in [0.25, 0.3) is 0 Å². The maximum atomic E-state index is 10.0. The van der Waals surface area contributed by atoms with Gasteiger partial charge in [0.15, 0.2) is 0 Å². The largest absolute Gasteiger partial charge is 0.399 e. The number of aldehydes is 1. The SMILES string of the molecule is Nc1cccc(CCC=O)c1. The fourth-order valence-electron chi connectivity index (χ4n) is 0.974.